The molecule has 1 amide bonds. The molecule has 0 aliphatic heterocycles. The number of likely N-dealkylation sites (N-methyl/N-ethyl adjacent to an activating group) is 1. The number of rotatable bonds is 9. The second-order valence-corrected chi connectivity index (χ2v) is 6.66. The van der Waals surface area contributed by atoms with Crippen LogP contribution in [0.15, 0.2) is 0 Å². The van der Waals surface area contributed by atoms with Crippen LogP contribution in [0, 0.1) is 0 Å². The van der Waals surface area contributed by atoms with Gasteiger partial charge in [0.25, 0.3) is 0 Å². The Balaban J connectivity index is 4.24. The predicted octanol–water partition coefficient (Wildman–Crippen LogP) is -0.0984. The van der Waals surface area contributed by atoms with E-state index in [-0.39, 0.29) is 24.2 Å². The van der Waals surface area contributed by atoms with E-state index in [9.17, 15) is 13.2 Å². The Morgan fingerprint density at radius 2 is 2.00 bits per heavy atom. The van der Waals surface area contributed by atoms with Crippen molar-refractivity contribution >= 4 is 15.9 Å². The molecule has 0 radical (unpaired) electrons. The molecule has 0 aromatic rings. The summed E-state index contributed by atoms with van der Waals surface area (Å²) in [5, 5.41) is 2.76. The van der Waals surface area contributed by atoms with Crippen LogP contribution in [0.5, 0.6) is 0 Å². The van der Waals surface area contributed by atoms with Gasteiger partial charge in [0.05, 0.1) is 12.3 Å². The van der Waals surface area contributed by atoms with Gasteiger partial charge in [0.15, 0.2) is 0 Å². The molecular formula is C11H25N3O3S. The molecule has 0 saturated carbocycles. The smallest absolute Gasteiger partial charge is 0.235 e. The molecule has 7 heteroatoms. The fourth-order valence-electron chi connectivity index (χ4n) is 1.49. The minimum Gasteiger partial charge on any atom is -0.351 e. The number of unbranched alkanes of at least 4 members (excludes halogenated alkanes) is 1. The van der Waals surface area contributed by atoms with Crippen LogP contribution in [0.25, 0.3) is 0 Å². The fraction of sp³-hybridized carbons (Fsp3) is 0.909. The first-order valence-corrected chi connectivity index (χ1v) is 7.91. The number of hydrogen-bond acceptors (Lipinski definition) is 4. The molecule has 18 heavy (non-hydrogen) atoms. The zero-order valence-electron chi connectivity index (χ0n) is 11.5. The number of sulfonamides is 1. The number of nitrogens with one attached hydrogen (secondary N) is 1. The monoisotopic (exact) mass is 279 g/mol. The topological polar surface area (TPSA) is 92.5 Å². The van der Waals surface area contributed by atoms with Gasteiger partial charge in [0.2, 0.25) is 15.9 Å². The summed E-state index contributed by atoms with van der Waals surface area (Å²) in [4.78, 5) is 11.7. The Hall–Kier alpha value is -0.660. The highest BCUT2D eigenvalue weighted by atomic mass is 32.2. The first-order chi connectivity index (χ1) is 8.37. The second kappa shape index (κ2) is 8.44. The summed E-state index contributed by atoms with van der Waals surface area (Å²) in [6.07, 6.45) is 2.85. The summed E-state index contributed by atoms with van der Waals surface area (Å²) >= 11 is 0. The van der Waals surface area contributed by atoms with Gasteiger partial charge in [-0.2, -0.15) is 4.31 Å². The van der Waals surface area contributed by atoms with Crippen molar-refractivity contribution in [2.45, 2.75) is 39.2 Å². The molecule has 0 fully saturated rings. The standard InChI is InChI=1S/C11H25N3O3S/c1-4-6-7-10(8-12)13-11(15)9-14(3)18(16,17)5-2/h10H,4-9,12H2,1-3H3,(H,13,15). The van der Waals surface area contributed by atoms with E-state index in [2.05, 4.69) is 12.2 Å². The van der Waals surface area contributed by atoms with Crippen LogP contribution >= 0.6 is 0 Å². The minimum atomic E-state index is -3.31. The maximum absolute atomic E-state index is 11.7. The van der Waals surface area contributed by atoms with Crippen molar-refractivity contribution in [3.63, 3.8) is 0 Å². The molecule has 0 heterocycles. The van der Waals surface area contributed by atoms with Crippen LogP contribution in [-0.4, -0.2) is 50.6 Å². The molecule has 0 aromatic carbocycles. The Morgan fingerprint density at radius 3 is 2.44 bits per heavy atom. The normalized spacial score (nSPS) is 13.6. The molecule has 0 spiro atoms. The Kier molecular flexibility index (Phi) is 8.13. The van der Waals surface area contributed by atoms with Crippen LogP contribution in [0.2, 0.25) is 0 Å². The van der Waals surface area contributed by atoms with Crippen LogP contribution in [0.3, 0.4) is 0 Å². The van der Waals surface area contributed by atoms with Crippen molar-refractivity contribution in [1.82, 2.24) is 9.62 Å². The number of carbonyl (C=O) groups is 1. The van der Waals surface area contributed by atoms with E-state index < -0.39 is 10.0 Å². The lowest BCUT2D eigenvalue weighted by atomic mass is 10.1. The van der Waals surface area contributed by atoms with Crippen LogP contribution in [0.4, 0.5) is 0 Å². The van der Waals surface area contributed by atoms with Gasteiger partial charge in [-0.05, 0) is 13.3 Å². The van der Waals surface area contributed by atoms with E-state index in [1.807, 2.05) is 0 Å². The van der Waals surface area contributed by atoms with Gasteiger partial charge >= 0.3 is 0 Å². The van der Waals surface area contributed by atoms with E-state index in [4.69, 9.17) is 5.73 Å². The van der Waals surface area contributed by atoms with Crippen LogP contribution in [0.1, 0.15) is 33.1 Å². The van der Waals surface area contributed by atoms with Gasteiger partial charge in [-0.1, -0.05) is 19.8 Å². The molecule has 0 aromatic heterocycles. The maximum atomic E-state index is 11.7. The van der Waals surface area contributed by atoms with Crippen molar-refractivity contribution in [3.05, 3.63) is 0 Å². The van der Waals surface area contributed by atoms with Gasteiger partial charge in [-0.3, -0.25) is 4.79 Å². The Bertz CT molecular complexity index is 343. The van der Waals surface area contributed by atoms with E-state index in [1.165, 1.54) is 7.05 Å². The summed E-state index contributed by atoms with van der Waals surface area (Å²) < 4.78 is 24.0. The average molecular weight is 279 g/mol. The van der Waals surface area contributed by atoms with Crippen molar-refractivity contribution in [2.75, 3.05) is 25.9 Å². The third-order valence-electron chi connectivity index (χ3n) is 2.76. The van der Waals surface area contributed by atoms with E-state index in [0.29, 0.717) is 6.54 Å². The van der Waals surface area contributed by atoms with Crippen molar-refractivity contribution in [2.24, 2.45) is 5.73 Å². The maximum Gasteiger partial charge on any atom is 0.235 e. The average Bonchev–Trinajstić information content (AvgIpc) is 2.34. The number of nitrogens with two attached hydrogens (primary N) is 1. The first kappa shape index (κ1) is 17.3. The highest BCUT2D eigenvalue weighted by Gasteiger charge is 2.19. The summed E-state index contributed by atoms with van der Waals surface area (Å²) in [7, 11) is -1.91. The molecule has 1 unspecified atom stereocenters. The molecule has 6 nitrogen and oxygen atoms in total. The van der Waals surface area contributed by atoms with Crippen LogP contribution in [-0.2, 0) is 14.8 Å². The summed E-state index contributed by atoms with van der Waals surface area (Å²) in [5.41, 5.74) is 5.56. The van der Waals surface area contributed by atoms with Gasteiger partial charge in [0, 0.05) is 19.6 Å². The number of hydrogen-bond donors (Lipinski definition) is 2. The molecule has 0 aliphatic carbocycles. The Labute approximate surface area is 110 Å². The Morgan fingerprint density at radius 1 is 1.39 bits per heavy atom. The zero-order chi connectivity index (χ0) is 14.2. The van der Waals surface area contributed by atoms with E-state index in [0.717, 1.165) is 23.6 Å². The molecule has 0 saturated heterocycles. The predicted molar refractivity (Wildman–Crippen MR) is 72.6 cm³/mol. The highest BCUT2D eigenvalue weighted by molar-refractivity contribution is 7.89. The van der Waals surface area contributed by atoms with E-state index >= 15 is 0 Å². The van der Waals surface area contributed by atoms with E-state index in [1.54, 1.807) is 6.92 Å². The van der Waals surface area contributed by atoms with Crippen molar-refractivity contribution in [1.29, 1.82) is 0 Å². The van der Waals surface area contributed by atoms with Crippen molar-refractivity contribution < 1.29 is 13.2 Å². The SMILES string of the molecule is CCCCC(CN)NC(=O)CN(C)S(=O)(=O)CC. The van der Waals surface area contributed by atoms with Gasteiger partial charge in [-0.25, -0.2) is 8.42 Å². The van der Waals surface area contributed by atoms with Crippen LogP contribution < -0.4 is 11.1 Å². The lowest BCUT2D eigenvalue weighted by Crippen LogP contribution is -2.45. The lowest BCUT2D eigenvalue weighted by molar-refractivity contribution is -0.121. The molecule has 108 valence electrons. The third kappa shape index (κ3) is 6.32. The molecule has 0 aliphatic rings. The highest BCUT2D eigenvalue weighted by Crippen LogP contribution is 2.00. The molecule has 0 bridgehead atoms. The van der Waals surface area contributed by atoms with Gasteiger partial charge in [-0.15, -0.1) is 0 Å². The van der Waals surface area contributed by atoms with Gasteiger partial charge < -0.3 is 11.1 Å². The summed E-state index contributed by atoms with van der Waals surface area (Å²) in [6, 6.07) is -0.0739. The molecular weight excluding hydrogens is 254 g/mol. The van der Waals surface area contributed by atoms with Gasteiger partial charge in [0.1, 0.15) is 0 Å². The quantitative estimate of drug-likeness (QED) is 0.616. The minimum absolute atomic E-state index is 0.00701. The molecule has 1 atom stereocenters. The fourth-order valence-corrected chi connectivity index (χ4v) is 2.25. The number of amides is 1. The summed E-state index contributed by atoms with van der Waals surface area (Å²) in [6.45, 7) is 3.83. The van der Waals surface area contributed by atoms with Crippen molar-refractivity contribution in [3.8, 4) is 0 Å². The first-order valence-electron chi connectivity index (χ1n) is 6.30. The zero-order valence-corrected chi connectivity index (χ0v) is 12.3. The largest absolute Gasteiger partial charge is 0.351 e. The number of carbonyl (C=O) groups excluding carboxylic acids is 1. The molecule has 0 rings (SSSR count). The third-order valence-corrected chi connectivity index (χ3v) is 4.57. The lowest BCUT2D eigenvalue weighted by Gasteiger charge is -2.19. The molecule has 3 N–H and O–H groups in total. The summed E-state index contributed by atoms with van der Waals surface area (Å²) in [5.74, 6) is -0.312. The number of nitrogens with zero attached hydrogens (tertiary/aromatic N) is 1. The second-order valence-electron chi connectivity index (χ2n) is 4.30.